The number of aliphatic hydroxyl groups excluding tert-OH is 1. The molecule has 0 saturated carbocycles. The number of aliphatic hydroxyl groups is 1. The second kappa shape index (κ2) is 67.9. The molecule has 7 atom stereocenters. The van der Waals surface area contributed by atoms with E-state index in [2.05, 4.69) is 41.5 Å². The molecule has 19 heteroatoms. The molecule has 0 spiro atoms. The Kier molecular flexibility index (Phi) is 66.5. The molecule has 0 aliphatic carbocycles. The summed E-state index contributed by atoms with van der Waals surface area (Å²) in [5.74, 6) is -0.618. The Morgan fingerprint density at radius 2 is 0.505 bits per heavy atom. The van der Waals surface area contributed by atoms with Gasteiger partial charge in [-0.05, 0) is 37.5 Å². The summed E-state index contributed by atoms with van der Waals surface area (Å²) in [4.78, 5) is 72.8. The normalized spacial score (nSPS) is 14.6. The van der Waals surface area contributed by atoms with Crippen LogP contribution >= 0.6 is 15.6 Å². The Bertz CT molecular complexity index is 1840. The van der Waals surface area contributed by atoms with Crippen molar-refractivity contribution in [3.8, 4) is 0 Å². The molecule has 0 rings (SSSR count). The summed E-state index contributed by atoms with van der Waals surface area (Å²) in [6, 6.07) is 0. The highest BCUT2D eigenvalue weighted by molar-refractivity contribution is 7.47. The predicted octanol–water partition coefficient (Wildman–Crippen LogP) is 22.3. The highest BCUT2D eigenvalue weighted by atomic mass is 31.2. The van der Waals surface area contributed by atoms with Crippen LogP contribution in [0, 0.1) is 11.8 Å². The van der Waals surface area contributed by atoms with E-state index in [4.69, 9.17) is 37.0 Å². The number of hydrogen-bond donors (Lipinski definition) is 3. The molecule has 0 aliphatic rings. The topological polar surface area (TPSA) is 237 Å². The smallest absolute Gasteiger partial charge is 0.462 e. The van der Waals surface area contributed by atoms with Crippen LogP contribution in [0.15, 0.2) is 0 Å². The molecule has 17 nitrogen and oxygen atoms in total. The number of ether oxygens (including phenoxy) is 4. The summed E-state index contributed by atoms with van der Waals surface area (Å²) in [6.45, 7) is 9.55. The van der Waals surface area contributed by atoms with Crippen LogP contribution in [0.2, 0.25) is 0 Å². The van der Waals surface area contributed by atoms with Gasteiger partial charge in [0, 0.05) is 25.7 Å². The molecule has 95 heavy (non-hydrogen) atoms. The number of esters is 4. The minimum absolute atomic E-state index is 0.104. The molecule has 0 aromatic heterocycles. The van der Waals surface area contributed by atoms with E-state index < -0.39 is 97.5 Å². The van der Waals surface area contributed by atoms with E-state index in [1.807, 2.05) is 0 Å². The van der Waals surface area contributed by atoms with Crippen molar-refractivity contribution in [3.05, 3.63) is 0 Å². The van der Waals surface area contributed by atoms with Crippen molar-refractivity contribution in [2.45, 2.75) is 413 Å². The van der Waals surface area contributed by atoms with Crippen LogP contribution in [-0.2, 0) is 65.4 Å². The fourth-order valence-electron chi connectivity index (χ4n) is 11.6. The minimum atomic E-state index is -4.96. The largest absolute Gasteiger partial charge is 0.472 e. The van der Waals surface area contributed by atoms with E-state index in [1.54, 1.807) is 0 Å². The van der Waals surface area contributed by atoms with Crippen molar-refractivity contribution in [2.24, 2.45) is 11.8 Å². The van der Waals surface area contributed by atoms with Gasteiger partial charge in [0.25, 0.3) is 0 Å². The van der Waals surface area contributed by atoms with E-state index in [0.717, 1.165) is 108 Å². The Labute approximate surface area is 581 Å². The summed E-state index contributed by atoms with van der Waals surface area (Å²) in [5, 5.41) is 10.6. The van der Waals surface area contributed by atoms with Crippen LogP contribution < -0.4 is 0 Å². The van der Waals surface area contributed by atoms with Crippen molar-refractivity contribution >= 4 is 39.5 Å². The fraction of sp³-hybridized carbons (Fsp3) is 0.947. The van der Waals surface area contributed by atoms with Crippen LogP contribution in [0.5, 0.6) is 0 Å². The lowest BCUT2D eigenvalue weighted by Gasteiger charge is -2.21. The number of unbranched alkanes of at least 4 members (excludes halogenated alkanes) is 43. The molecule has 564 valence electrons. The summed E-state index contributed by atoms with van der Waals surface area (Å²) in [6.07, 6.45) is 55.5. The lowest BCUT2D eigenvalue weighted by atomic mass is 9.99. The fourth-order valence-corrected chi connectivity index (χ4v) is 13.2. The Balaban J connectivity index is 5.22. The van der Waals surface area contributed by atoms with Gasteiger partial charge in [-0.3, -0.25) is 37.3 Å². The van der Waals surface area contributed by atoms with Gasteiger partial charge in [-0.1, -0.05) is 343 Å². The third-order valence-electron chi connectivity index (χ3n) is 18.4. The summed E-state index contributed by atoms with van der Waals surface area (Å²) in [5.41, 5.74) is 0. The number of carbonyl (C=O) groups excluding carboxylic acids is 4. The molecule has 4 unspecified atom stereocenters. The van der Waals surface area contributed by atoms with E-state index in [0.29, 0.717) is 25.7 Å². The quantitative estimate of drug-likeness (QED) is 0.0222. The Morgan fingerprint density at radius 1 is 0.295 bits per heavy atom. The highest BCUT2D eigenvalue weighted by Gasteiger charge is 2.30. The molecule has 0 aromatic carbocycles. The zero-order valence-electron chi connectivity index (χ0n) is 62.0. The van der Waals surface area contributed by atoms with E-state index in [9.17, 15) is 43.2 Å². The van der Waals surface area contributed by atoms with Gasteiger partial charge >= 0.3 is 39.5 Å². The number of carbonyl (C=O) groups is 4. The lowest BCUT2D eigenvalue weighted by molar-refractivity contribution is -0.161. The third kappa shape index (κ3) is 67.6. The van der Waals surface area contributed by atoms with E-state index >= 15 is 0 Å². The van der Waals surface area contributed by atoms with Crippen LogP contribution in [0.1, 0.15) is 395 Å². The minimum Gasteiger partial charge on any atom is -0.462 e. The number of hydrogen-bond acceptors (Lipinski definition) is 15. The molecular formula is C76H148O17P2. The van der Waals surface area contributed by atoms with Gasteiger partial charge in [0.2, 0.25) is 0 Å². The van der Waals surface area contributed by atoms with Gasteiger partial charge in [0.15, 0.2) is 12.2 Å². The molecule has 0 heterocycles. The molecule has 0 amide bonds. The van der Waals surface area contributed by atoms with Gasteiger partial charge in [-0.15, -0.1) is 0 Å². The Hall–Kier alpha value is -1.94. The summed E-state index contributed by atoms with van der Waals surface area (Å²) >= 11 is 0. The van der Waals surface area contributed by atoms with Crippen LogP contribution in [0.3, 0.4) is 0 Å². The van der Waals surface area contributed by atoms with Gasteiger partial charge in [0.05, 0.1) is 26.4 Å². The van der Waals surface area contributed by atoms with Crippen molar-refractivity contribution in [1.29, 1.82) is 0 Å². The number of phosphoric ester groups is 2. The molecule has 3 N–H and O–H groups in total. The molecular weight excluding hydrogens is 1250 g/mol. The average molecular weight is 1400 g/mol. The van der Waals surface area contributed by atoms with E-state index in [1.165, 1.54) is 205 Å². The predicted molar refractivity (Wildman–Crippen MR) is 386 cm³/mol. The first kappa shape index (κ1) is 93.1. The maximum absolute atomic E-state index is 13.1. The summed E-state index contributed by atoms with van der Waals surface area (Å²) in [7, 11) is -9.91. The Morgan fingerprint density at radius 3 is 0.747 bits per heavy atom. The average Bonchev–Trinajstić information content (AvgIpc) is 1.43. The molecule has 0 radical (unpaired) electrons. The number of rotatable bonds is 75. The van der Waals surface area contributed by atoms with Gasteiger partial charge in [-0.25, -0.2) is 9.13 Å². The zero-order valence-corrected chi connectivity index (χ0v) is 63.8. The van der Waals surface area contributed by atoms with Crippen molar-refractivity contribution in [3.63, 3.8) is 0 Å². The maximum Gasteiger partial charge on any atom is 0.472 e. The lowest BCUT2D eigenvalue weighted by Crippen LogP contribution is -2.30. The van der Waals surface area contributed by atoms with E-state index in [-0.39, 0.29) is 25.7 Å². The van der Waals surface area contributed by atoms with Gasteiger partial charge < -0.3 is 33.8 Å². The standard InChI is InChI=1S/C76H148O17P2/c1-7-11-13-15-17-19-21-23-24-25-26-27-28-29-31-33-35-40-48-54-60-75(80)92-71(64-86-73(78)58-52-46-39-34-32-30-22-20-18-16-14-12-8-2)66-90-94(82,83)88-62-70(77)63-89-95(84,85)91-67-72(65-87-74(79)59-53-47-43-42-45-51-57-69(6)10-4)93-76(81)61-55-49-41-37-36-38-44-50-56-68(5)9-3/h68-72,77H,7-67H2,1-6H3,(H,82,83)(H,84,85)/t68?,69?,70-,71-,72-/m1/s1. The number of phosphoric acid groups is 2. The molecule has 0 fully saturated rings. The van der Waals surface area contributed by atoms with Crippen molar-refractivity contribution in [1.82, 2.24) is 0 Å². The zero-order chi connectivity index (χ0) is 70.0. The van der Waals surface area contributed by atoms with Crippen molar-refractivity contribution in [2.75, 3.05) is 39.6 Å². The third-order valence-corrected chi connectivity index (χ3v) is 20.3. The molecule has 0 bridgehead atoms. The van der Waals surface area contributed by atoms with Crippen LogP contribution in [0.4, 0.5) is 0 Å². The second-order valence-electron chi connectivity index (χ2n) is 27.9. The first-order chi connectivity index (χ1) is 45.9. The van der Waals surface area contributed by atoms with Crippen molar-refractivity contribution < 1.29 is 80.2 Å². The monoisotopic (exact) mass is 1400 g/mol. The first-order valence-electron chi connectivity index (χ1n) is 39.6. The van der Waals surface area contributed by atoms with Crippen LogP contribution in [-0.4, -0.2) is 96.7 Å². The van der Waals surface area contributed by atoms with Crippen LogP contribution in [0.25, 0.3) is 0 Å². The van der Waals surface area contributed by atoms with Gasteiger partial charge in [0.1, 0.15) is 19.3 Å². The molecule has 0 aromatic rings. The maximum atomic E-state index is 13.1. The van der Waals surface area contributed by atoms with Gasteiger partial charge in [-0.2, -0.15) is 0 Å². The SMILES string of the molecule is CCCCCCCCCCCCCCCCCCCCCCC(=O)O[C@H](COC(=O)CCCCCCCCCCCCCCC)COP(=O)(O)OC[C@@H](O)COP(=O)(O)OC[C@@H](COC(=O)CCCCCCCCC(C)CC)OC(=O)CCCCCCCCCCC(C)CC. The first-order valence-corrected chi connectivity index (χ1v) is 42.6. The second-order valence-corrected chi connectivity index (χ2v) is 30.8. The summed E-state index contributed by atoms with van der Waals surface area (Å²) < 4.78 is 68.5. The molecule has 0 saturated heterocycles. The molecule has 0 aliphatic heterocycles. The highest BCUT2D eigenvalue weighted by Crippen LogP contribution is 2.45.